The number of carbonyl (C=O) groups excluding carboxylic acids is 1. The number of amides is 1. The standard InChI is InChI=1S/C17H20FN5O2/c1-25-12-16(24)22-8-10-23(11-9-22)17-19-7-6-15(21-17)20-14-5-3-2-4-13(14)18/h2-7H,8-12H2,1H3,(H,19,20,21). The van der Waals surface area contributed by atoms with Crippen molar-refractivity contribution >= 4 is 23.4 Å². The summed E-state index contributed by atoms with van der Waals surface area (Å²) >= 11 is 0. The summed E-state index contributed by atoms with van der Waals surface area (Å²) in [6.07, 6.45) is 1.63. The third-order valence-electron chi connectivity index (χ3n) is 3.96. The molecule has 3 rings (SSSR count). The summed E-state index contributed by atoms with van der Waals surface area (Å²) in [4.78, 5) is 24.3. The molecule has 1 aliphatic rings. The number of hydrogen-bond acceptors (Lipinski definition) is 6. The van der Waals surface area contributed by atoms with Crippen LogP contribution in [0.4, 0.5) is 21.8 Å². The van der Waals surface area contributed by atoms with Gasteiger partial charge in [0.2, 0.25) is 11.9 Å². The largest absolute Gasteiger partial charge is 0.375 e. The van der Waals surface area contributed by atoms with E-state index in [4.69, 9.17) is 4.74 Å². The van der Waals surface area contributed by atoms with Gasteiger partial charge in [0.25, 0.3) is 0 Å². The molecule has 1 aromatic carbocycles. The molecule has 0 radical (unpaired) electrons. The van der Waals surface area contributed by atoms with Gasteiger partial charge in [0.05, 0.1) is 5.69 Å². The lowest BCUT2D eigenvalue weighted by Gasteiger charge is -2.34. The number of methoxy groups -OCH3 is 1. The van der Waals surface area contributed by atoms with Crippen molar-refractivity contribution in [3.63, 3.8) is 0 Å². The number of halogens is 1. The fraction of sp³-hybridized carbons (Fsp3) is 0.353. The number of benzene rings is 1. The Morgan fingerprint density at radius 2 is 2.00 bits per heavy atom. The number of rotatable bonds is 5. The fourth-order valence-electron chi connectivity index (χ4n) is 2.64. The minimum absolute atomic E-state index is 0.0157. The first kappa shape index (κ1) is 17.1. The predicted molar refractivity (Wildman–Crippen MR) is 92.4 cm³/mol. The Balaban J connectivity index is 1.64. The average molecular weight is 345 g/mol. The number of piperazine rings is 1. The highest BCUT2D eigenvalue weighted by Crippen LogP contribution is 2.20. The second kappa shape index (κ2) is 7.89. The normalized spacial score (nSPS) is 14.5. The molecule has 7 nitrogen and oxygen atoms in total. The van der Waals surface area contributed by atoms with E-state index in [0.717, 1.165) is 0 Å². The Kier molecular flexibility index (Phi) is 5.39. The molecule has 1 aliphatic heterocycles. The van der Waals surface area contributed by atoms with Gasteiger partial charge in [0.15, 0.2) is 0 Å². The van der Waals surface area contributed by atoms with Crippen molar-refractivity contribution in [2.75, 3.05) is 50.1 Å². The molecule has 8 heteroatoms. The van der Waals surface area contributed by atoms with Crippen LogP contribution in [0.25, 0.3) is 0 Å². The highest BCUT2D eigenvalue weighted by atomic mass is 19.1. The number of ether oxygens (including phenoxy) is 1. The molecule has 1 N–H and O–H groups in total. The van der Waals surface area contributed by atoms with E-state index in [9.17, 15) is 9.18 Å². The zero-order chi connectivity index (χ0) is 17.6. The highest BCUT2D eigenvalue weighted by molar-refractivity contribution is 5.77. The maximum Gasteiger partial charge on any atom is 0.248 e. The Bertz CT molecular complexity index is 734. The van der Waals surface area contributed by atoms with E-state index < -0.39 is 0 Å². The van der Waals surface area contributed by atoms with Crippen molar-refractivity contribution in [2.24, 2.45) is 0 Å². The van der Waals surface area contributed by atoms with Gasteiger partial charge in [-0.15, -0.1) is 0 Å². The van der Waals surface area contributed by atoms with Crippen LogP contribution in [0.1, 0.15) is 0 Å². The van der Waals surface area contributed by atoms with E-state index in [-0.39, 0.29) is 18.3 Å². The molecule has 0 saturated carbocycles. The van der Waals surface area contributed by atoms with Gasteiger partial charge in [-0.3, -0.25) is 4.79 Å². The SMILES string of the molecule is COCC(=O)N1CCN(c2nccc(Nc3ccccc3F)n2)CC1. The summed E-state index contributed by atoms with van der Waals surface area (Å²) in [6, 6.07) is 8.12. The topological polar surface area (TPSA) is 70.6 Å². The van der Waals surface area contributed by atoms with Crippen molar-refractivity contribution in [1.82, 2.24) is 14.9 Å². The molecular formula is C17H20FN5O2. The third-order valence-corrected chi connectivity index (χ3v) is 3.96. The van der Waals surface area contributed by atoms with Crippen LogP contribution in [0.3, 0.4) is 0 Å². The van der Waals surface area contributed by atoms with Crippen LogP contribution < -0.4 is 10.2 Å². The van der Waals surface area contributed by atoms with Gasteiger partial charge in [-0.1, -0.05) is 12.1 Å². The first-order valence-electron chi connectivity index (χ1n) is 8.03. The number of aromatic nitrogens is 2. The zero-order valence-electron chi connectivity index (χ0n) is 14.0. The zero-order valence-corrected chi connectivity index (χ0v) is 14.0. The molecule has 132 valence electrons. The van der Waals surface area contributed by atoms with Crippen LogP contribution in [0.15, 0.2) is 36.5 Å². The van der Waals surface area contributed by atoms with Gasteiger partial charge in [-0.2, -0.15) is 4.98 Å². The third kappa shape index (κ3) is 4.21. The Morgan fingerprint density at radius 3 is 2.72 bits per heavy atom. The van der Waals surface area contributed by atoms with Crippen molar-refractivity contribution in [3.05, 3.63) is 42.3 Å². The number of hydrogen-bond donors (Lipinski definition) is 1. The van der Waals surface area contributed by atoms with Crippen molar-refractivity contribution in [1.29, 1.82) is 0 Å². The van der Waals surface area contributed by atoms with Gasteiger partial charge < -0.3 is 19.9 Å². The molecule has 0 bridgehead atoms. The molecule has 1 aromatic heterocycles. The summed E-state index contributed by atoms with van der Waals surface area (Å²) < 4.78 is 18.6. The van der Waals surface area contributed by atoms with Crippen molar-refractivity contribution in [2.45, 2.75) is 0 Å². The van der Waals surface area contributed by atoms with E-state index in [0.29, 0.717) is 43.6 Å². The van der Waals surface area contributed by atoms with Gasteiger partial charge in [-0.25, -0.2) is 9.37 Å². The van der Waals surface area contributed by atoms with Crippen LogP contribution in [0.5, 0.6) is 0 Å². The molecule has 1 amide bonds. The molecule has 1 fully saturated rings. The molecule has 25 heavy (non-hydrogen) atoms. The van der Waals surface area contributed by atoms with Crippen LogP contribution in [0.2, 0.25) is 0 Å². The quantitative estimate of drug-likeness (QED) is 0.889. The average Bonchev–Trinajstić information content (AvgIpc) is 2.64. The Morgan fingerprint density at radius 1 is 1.24 bits per heavy atom. The lowest BCUT2D eigenvalue weighted by Crippen LogP contribution is -2.50. The number of carbonyl (C=O) groups is 1. The Labute approximate surface area is 145 Å². The number of nitrogens with one attached hydrogen (secondary N) is 1. The van der Waals surface area contributed by atoms with Gasteiger partial charge >= 0.3 is 0 Å². The number of para-hydroxylation sites is 1. The molecule has 0 aliphatic carbocycles. The summed E-state index contributed by atoms with van der Waals surface area (Å²) in [5.41, 5.74) is 0.363. The first-order chi connectivity index (χ1) is 12.2. The van der Waals surface area contributed by atoms with E-state index in [1.54, 1.807) is 35.4 Å². The lowest BCUT2D eigenvalue weighted by molar-refractivity contribution is -0.135. The van der Waals surface area contributed by atoms with Crippen molar-refractivity contribution < 1.29 is 13.9 Å². The maximum absolute atomic E-state index is 13.7. The molecule has 0 atom stereocenters. The summed E-state index contributed by atoms with van der Waals surface area (Å²) in [7, 11) is 1.51. The molecule has 1 saturated heterocycles. The first-order valence-corrected chi connectivity index (χ1v) is 8.03. The molecule has 0 spiro atoms. The minimum Gasteiger partial charge on any atom is -0.375 e. The second-order valence-corrected chi connectivity index (χ2v) is 5.65. The summed E-state index contributed by atoms with van der Waals surface area (Å²) in [5, 5.41) is 2.96. The minimum atomic E-state index is -0.340. The van der Waals surface area contributed by atoms with Gasteiger partial charge in [0, 0.05) is 39.5 Å². The van der Waals surface area contributed by atoms with Crippen LogP contribution in [-0.2, 0) is 9.53 Å². The predicted octanol–water partition coefficient (Wildman–Crippen LogP) is 1.65. The summed E-state index contributed by atoms with van der Waals surface area (Å²) in [5.74, 6) is 0.721. The smallest absolute Gasteiger partial charge is 0.248 e. The fourth-order valence-corrected chi connectivity index (χ4v) is 2.64. The van der Waals surface area contributed by atoms with Crippen molar-refractivity contribution in [3.8, 4) is 0 Å². The van der Waals surface area contributed by atoms with E-state index in [1.165, 1.54) is 13.2 Å². The number of nitrogens with zero attached hydrogens (tertiary/aromatic N) is 4. The van der Waals surface area contributed by atoms with E-state index >= 15 is 0 Å². The second-order valence-electron chi connectivity index (χ2n) is 5.65. The van der Waals surface area contributed by atoms with Gasteiger partial charge in [-0.05, 0) is 18.2 Å². The van der Waals surface area contributed by atoms with Crippen LogP contribution >= 0.6 is 0 Å². The molecule has 2 heterocycles. The van der Waals surface area contributed by atoms with Gasteiger partial charge in [0.1, 0.15) is 18.2 Å². The molecule has 2 aromatic rings. The summed E-state index contributed by atoms with van der Waals surface area (Å²) in [6.45, 7) is 2.56. The lowest BCUT2D eigenvalue weighted by atomic mass is 10.3. The Hall–Kier alpha value is -2.74. The molecular weight excluding hydrogens is 325 g/mol. The molecule has 0 unspecified atom stereocenters. The highest BCUT2D eigenvalue weighted by Gasteiger charge is 2.22. The van der Waals surface area contributed by atoms with Crippen LogP contribution in [0, 0.1) is 5.82 Å². The number of anilines is 3. The van der Waals surface area contributed by atoms with E-state index in [2.05, 4.69) is 15.3 Å². The monoisotopic (exact) mass is 345 g/mol. The van der Waals surface area contributed by atoms with E-state index in [1.807, 2.05) is 4.90 Å². The maximum atomic E-state index is 13.7. The van der Waals surface area contributed by atoms with Crippen LogP contribution in [-0.4, -0.2) is 60.7 Å².